The molecule has 0 radical (unpaired) electrons. The first-order chi connectivity index (χ1) is 13.8. The van der Waals surface area contributed by atoms with Crippen molar-refractivity contribution in [3.05, 3.63) is 82.9 Å². The fraction of sp³-hybridized carbons (Fsp3) is 0.0952. The Labute approximate surface area is 174 Å². The van der Waals surface area contributed by atoms with Crippen LogP contribution >= 0.6 is 11.6 Å². The monoisotopic (exact) mass is 430 g/mol. The number of carbonyl (C=O) groups is 1. The quantitative estimate of drug-likeness (QED) is 0.593. The molecule has 0 aromatic heterocycles. The summed E-state index contributed by atoms with van der Waals surface area (Å²) >= 11 is 6.22. The van der Waals surface area contributed by atoms with Gasteiger partial charge in [0.15, 0.2) is 0 Å². The minimum absolute atomic E-state index is 0.105. The van der Waals surface area contributed by atoms with Crippen molar-refractivity contribution >= 4 is 38.9 Å². The molecule has 0 unspecified atom stereocenters. The number of hydrogen-bond acceptors (Lipinski definition) is 4. The van der Waals surface area contributed by atoms with Gasteiger partial charge >= 0.3 is 0 Å². The highest BCUT2D eigenvalue weighted by Crippen LogP contribution is 2.28. The molecule has 0 heterocycles. The maximum Gasteiger partial charge on any atom is 0.261 e. The van der Waals surface area contributed by atoms with Crippen molar-refractivity contribution in [2.75, 3.05) is 17.1 Å². The third kappa shape index (κ3) is 4.88. The molecular formula is C21H19ClN2O4S. The van der Waals surface area contributed by atoms with Crippen LogP contribution in [0.1, 0.15) is 15.9 Å². The number of aryl methyl sites for hydroxylation is 1. The van der Waals surface area contributed by atoms with Crippen molar-refractivity contribution in [3.8, 4) is 5.75 Å². The maximum atomic E-state index is 12.5. The molecule has 0 saturated carbocycles. The molecule has 6 nitrogen and oxygen atoms in total. The molecule has 2 N–H and O–H groups in total. The standard InChI is InChI=1S/C21H19ClN2O4S/c1-14-7-10-16(11-8-14)29(26,27)24-18-12-9-15(13-17(18)22)21(25)23-19-5-3-4-6-20(19)28-2/h3-13,24H,1-2H3,(H,23,25). The average Bonchev–Trinajstić information content (AvgIpc) is 2.70. The van der Waals surface area contributed by atoms with Crippen LogP contribution in [0.25, 0.3) is 0 Å². The number of anilines is 2. The Morgan fingerprint density at radius 3 is 2.31 bits per heavy atom. The molecule has 0 atom stereocenters. The van der Waals surface area contributed by atoms with Crippen LogP contribution in [0.4, 0.5) is 11.4 Å². The molecular weight excluding hydrogens is 412 g/mol. The van der Waals surface area contributed by atoms with E-state index in [1.165, 1.54) is 37.4 Å². The molecule has 0 spiro atoms. The Balaban J connectivity index is 1.79. The second-order valence-corrected chi connectivity index (χ2v) is 8.36. The predicted octanol–water partition coefficient (Wildman–Crippen LogP) is 4.71. The second-order valence-electron chi connectivity index (χ2n) is 6.27. The summed E-state index contributed by atoms with van der Waals surface area (Å²) in [4.78, 5) is 12.6. The van der Waals surface area contributed by atoms with E-state index >= 15 is 0 Å². The number of para-hydroxylation sites is 2. The zero-order chi connectivity index (χ0) is 21.0. The van der Waals surface area contributed by atoms with Gasteiger partial charge in [-0.3, -0.25) is 9.52 Å². The highest BCUT2D eigenvalue weighted by atomic mass is 35.5. The molecule has 0 fully saturated rings. The van der Waals surface area contributed by atoms with Crippen molar-refractivity contribution in [2.45, 2.75) is 11.8 Å². The summed E-state index contributed by atoms with van der Waals surface area (Å²) in [5.41, 5.74) is 1.92. The van der Waals surface area contributed by atoms with Gasteiger partial charge in [-0.1, -0.05) is 41.4 Å². The van der Waals surface area contributed by atoms with Gasteiger partial charge in [0, 0.05) is 5.56 Å². The van der Waals surface area contributed by atoms with E-state index < -0.39 is 15.9 Å². The molecule has 1 amide bonds. The Morgan fingerprint density at radius 1 is 0.966 bits per heavy atom. The number of amides is 1. The van der Waals surface area contributed by atoms with E-state index in [4.69, 9.17) is 16.3 Å². The smallest absolute Gasteiger partial charge is 0.261 e. The van der Waals surface area contributed by atoms with Gasteiger partial charge in [-0.15, -0.1) is 0 Å². The van der Waals surface area contributed by atoms with Crippen molar-refractivity contribution in [1.82, 2.24) is 0 Å². The zero-order valence-electron chi connectivity index (χ0n) is 15.8. The van der Waals surface area contributed by atoms with Gasteiger partial charge in [0.1, 0.15) is 5.75 Å². The summed E-state index contributed by atoms with van der Waals surface area (Å²) in [6.07, 6.45) is 0. The van der Waals surface area contributed by atoms with E-state index in [1.807, 2.05) is 6.92 Å². The Hall–Kier alpha value is -3.03. The number of rotatable bonds is 6. The molecule has 0 saturated heterocycles. The topological polar surface area (TPSA) is 84.5 Å². The number of halogens is 1. The van der Waals surface area contributed by atoms with E-state index in [2.05, 4.69) is 10.0 Å². The molecule has 0 aliphatic rings. The Kier molecular flexibility index (Phi) is 6.10. The van der Waals surface area contributed by atoms with Crippen LogP contribution in [0.15, 0.2) is 71.6 Å². The van der Waals surface area contributed by atoms with Crippen molar-refractivity contribution < 1.29 is 17.9 Å². The normalized spacial score (nSPS) is 11.0. The van der Waals surface area contributed by atoms with Crippen molar-refractivity contribution in [2.24, 2.45) is 0 Å². The van der Waals surface area contributed by atoms with Gasteiger partial charge in [-0.05, 0) is 49.4 Å². The molecule has 0 aliphatic carbocycles. The number of ether oxygens (including phenoxy) is 1. The summed E-state index contributed by atoms with van der Waals surface area (Å²) in [6, 6.07) is 17.8. The minimum atomic E-state index is -3.79. The van der Waals surface area contributed by atoms with E-state index in [0.717, 1.165) is 5.56 Å². The van der Waals surface area contributed by atoms with Crippen LogP contribution < -0.4 is 14.8 Å². The maximum absolute atomic E-state index is 12.5. The van der Waals surface area contributed by atoms with Crippen LogP contribution in [-0.2, 0) is 10.0 Å². The Bertz CT molecular complexity index is 1150. The van der Waals surface area contributed by atoms with Crippen molar-refractivity contribution in [1.29, 1.82) is 0 Å². The summed E-state index contributed by atoms with van der Waals surface area (Å²) in [7, 11) is -2.28. The highest BCUT2D eigenvalue weighted by molar-refractivity contribution is 7.92. The number of hydrogen-bond donors (Lipinski definition) is 2. The first-order valence-corrected chi connectivity index (χ1v) is 10.5. The number of sulfonamides is 1. The van der Waals surface area contributed by atoms with Crippen molar-refractivity contribution in [3.63, 3.8) is 0 Å². The summed E-state index contributed by atoms with van der Waals surface area (Å²) in [6.45, 7) is 1.87. The molecule has 3 aromatic rings. The predicted molar refractivity (Wildman–Crippen MR) is 114 cm³/mol. The highest BCUT2D eigenvalue weighted by Gasteiger charge is 2.17. The summed E-state index contributed by atoms with van der Waals surface area (Å²) < 4.78 is 32.7. The average molecular weight is 431 g/mol. The lowest BCUT2D eigenvalue weighted by Gasteiger charge is -2.12. The zero-order valence-corrected chi connectivity index (χ0v) is 17.3. The van der Waals surface area contributed by atoms with Gasteiger partial charge in [-0.25, -0.2) is 8.42 Å². The van der Waals surface area contributed by atoms with Gasteiger partial charge in [0.2, 0.25) is 0 Å². The van der Waals surface area contributed by atoms with Crippen LogP contribution in [0.3, 0.4) is 0 Å². The lowest BCUT2D eigenvalue weighted by molar-refractivity contribution is 0.102. The SMILES string of the molecule is COc1ccccc1NC(=O)c1ccc(NS(=O)(=O)c2ccc(C)cc2)c(Cl)c1. The van der Waals surface area contributed by atoms with Gasteiger partial charge in [0.25, 0.3) is 15.9 Å². The third-order valence-corrected chi connectivity index (χ3v) is 5.86. The fourth-order valence-electron chi connectivity index (χ4n) is 2.60. The first kappa shape index (κ1) is 20.7. The van der Waals surface area contributed by atoms with Crippen LogP contribution in [0.5, 0.6) is 5.75 Å². The number of nitrogens with one attached hydrogen (secondary N) is 2. The minimum Gasteiger partial charge on any atom is -0.495 e. The summed E-state index contributed by atoms with van der Waals surface area (Å²) in [5.74, 6) is 0.124. The fourth-order valence-corrected chi connectivity index (χ4v) is 3.97. The second kappa shape index (κ2) is 8.55. The number of carbonyl (C=O) groups excluding carboxylic acids is 1. The van der Waals surface area contributed by atoms with Gasteiger partial charge in [-0.2, -0.15) is 0 Å². The van der Waals surface area contributed by atoms with E-state index in [0.29, 0.717) is 11.4 Å². The first-order valence-electron chi connectivity index (χ1n) is 8.63. The summed E-state index contributed by atoms with van der Waals surface area (Å²) in [5, 5.41) is 2.85. The molecule has 0 bridgehead atoms. The van der Waals surface area contributed by atoms with Gasteiger partial charge < -0.3 is 10.1 Å². The molecule has 8 heteroatoms. The molecule has 0 aliphatic heterocycles. The number of benzene rings is 3. The van der Waals surface area contributed by atoms with E-state index in [-0.39, 0.29) is 21.2 Å². The lowest BCUT2D eigenvalue weighted by Crippen LogP contribution is -2.15. The van der Waals surface area contributed by atoms with Gasteiger partial charge in [0.05, 0.1) is 28.4 Å². The molecule has 150 valence electrons. The lowest BCUT2D eigenvalue weighted by atomic mass is 10.2. The Morgan fingerprint density at radius 2 is 1.66 bits per heavy atom. The van der Waals surface area contributed by atoms with Crippen LogP contribution in [0, 0.1) is 6.92 Å². The largest absolute Gasteiger partial charge is 0.495 e. The van der Waals surface area contributed by atoms with Crippen LogP contribution in [0.2, 0.25) is 5.02 Å². The molecule has 3 aromatic carbocycles. The third-order valence-electron chi connectivity index (χ3n) is 4.16. The number of methoxy groups -OCH3 is 1. The van der Waals surface area contributed by atoms with Crippen LogP contribution in [-0.4, -0.2) is 21.4 Å². The molecule has 3 rings (SSSR count). The van der Waals surface area contributed by atoms with E-state index in [9.17, 15) is 13.2 Å². The molecule has 29 heavy (non-hydrogen) atoms. The van der Waals surface area contributed by atoms with E-state index in [1.54, 1.807) is 36.4 Å².